The van der Waals surface area contributed by atoms with Gasteiger partial charge in [-0.25, -0.2) is 0 Å². The Morgan fingerprint density at radius 3 is 2.40 bits per heavy atom. The molecule has 0 atom stereocenters. The Kier molecular flexibility index (Phi) is 10.5. The van der Waals surface area contributed by atoms with Gasteiger partial charge in [-0.3, -0.25) is 20.4 Å². The molecule has 8 heteroatoms. The first kappa shape index (κ1) is 24.0. The minimum absolute atomic E-state index is 0.258. The van der Waals surface area contributed by atoms with E-state index in [0.29, 0.717) is 33.2 Å². The van der Waals surface area contributed by atoms with Crippen molar-refractivity contribution < 1.29 is 19.1 Å². The van der Waals surface area contributed by atoms with Gasteiger partial charge in [0, 0.05) is 10.6 Å². The number of amides is 2. The lowest BCUT2D eigenvalue weighted by molar-refractivity contribution is -0.123. The van der Waals surface area contributed by atoms with Crippen molar-refractivity contribution in [2.45, 2.75) is 39.0 Å². The van der Waals surface area contributed by atoms with E-state index in [9.17, 15) is 9.59 Å². The zero-order valence-electron chi connectivity index (χ0n) is 16.9. The third-order valence-electron chi connectivity index (χ3n) is 4.20. The molecule has 0 aliphatic heterocycles. The Morgan fingerprint density at radius 1 is 0.967 bits per heavy atom. The summed E-state index contributed by atoms with van der Waals surface area (Å²) in [6.45, 7) is 2.59. The molecule has 0 heterocycles. The van der Waals surface area contributed by atoms with E-state index >= 15 is 0 Å². The number of carbonyl (C=O) groups excluding carboxylic acids is 2. The summed E-state index contributed by atoms with van der Waals surface area (Å²) in [5, 5.41) is 0.550. The molecular weight excluding hydrogens is 472 g/mol. The maximum Gasteiger partial charge on any atom is 0.276 e. The van der Waals surface area contributed by atoms with Crippen molar-refractivity contribution in [3.05, 3.63) is 57.5 Å². The molecule has 0 saturated heterocycles. The first-order valence-electron chi connectivity index (χ1n) is 9.89. The minimum Gasteiger partial charge on any atom is -0.494 e. The van der Waals surface area contributed by atoms with Gasteiger partial charge in [0.1, 0.15) is 11.5 Å². The number of hydrazine groups is 1. The SMILES string of the molecule is CCCCCCCOc1ccc(C(=O)NNC(=O)COc2ccc(Cl)cc2Br)cc1. The van der Waals surface area contributed by atoms with Gasteiger partial charge in [-0.2, -0.15) is 0 Å². The second-order valence-electron chi connectivity index (χ2n) is 6.65. The number of ether oxygens (including phenoxy) is 2. The fraction of sp³-hybridized carbons (Fsp3) is 0.364. The van der Waals surface area contributed by atoms with Gasteiger partial charge in [0.05, 0.1) is 11.1 Å². The van der Waals surface area contributed by atoms with Gasteiger partial charge in [0.15, 0.2) is 6.61 Å². The average Bonchev–Trinajstić information content (AvgIpc) is 2.74. The van der Waals surface area contributed by atoms with Crippen LogP contribution in [0.15, 0.2) is 46.9 Å². The van der Waals surface area contributed by atoms with E-state index < -0.39 is 11.8 Å². The van der Waals surface area contributed by atoms with Crippen molar-refractivity contribution in [2.75, 3.05) is 13.2 Å². The first-order chi connectivity index (χ1) is 14.5. The summed E-state index contributed by atoms with van der Waals surface area (Å²) in [7, 11) is 0. The van der Waals surface area contributed by atoms with Crippen LogP contribution in [0.5, 0.6) is 11.5 Å². The Balaban J connectivity index is 1.69. The van der Waals surface area contributed by atoms with Gasteiger partial charge in [0.25, 0.3) is 11.8 Å². The molecule has 2 rings (SSSR count). The number of nitrogens with one attached hydrogen (secondary N) is 2. The summed E-state index contributed by atoms with van der Waals surface area (Å²) in [5.74, 6) is 0.269. The second kappa shape index (κ2) is 13.1. The number of hydrogen-bond acceptors (Lipinski definition) is 4. The second-order valence-corrected chi connectivity index (χ2v) is 7.94. The van der Waals surface area contributed by atoms with Crippen molar-refractivity contribution >= 4 is 39.3 Å². The summed E-state index contributed by atoms with van der Waals surface area (Å²) in [6, 6.07) is 11.7. The lowest BCUT2D eigenvalue weighted by Crippen LogP contribution is -2.43. The zero-order chi connectivity index (χ0) is 21.8. The zero-order valence-corrected chi connectivity index (χ0v) is 19.2. The maximum absolute atomic E-state index is 12.2. The highest BCUT2D eigenvalue weighted by Crippen LogP contribution is 2.27. The third-order valence-corrected chi connectivity index (χ3v) is 5.06. The van der Waals surface area contributed by atoms with Gasteiger partial charge < -0.3 is 9.47 Å². The molecule has 0 saturated carbocycles. The van der Waals surface area contributed by atoms with Crippen molar-refractivity contribution in [2.24, 2.45) is 0 Å². The minimum atomic E-state index is -0.492. The topological polar surface area (TPSA) is 76.7 Å². The van der Waals surface area contributed by atoms with Gasteiger partial charge in [-0.1, -0.05) is 44.2 Å². The molecule has 0 fully saturated rings. The molecule has 0 aromatic heterocycles. The van der Waals surface area contributed by atoms with Crippen molar-refractivity contribution in [3.8, 4) is 11.5 Å². The van der Waals surface area contributed by atoms with E-state index in [0.717, 1.165) is 12.8 Å². The average molecular weight is 498 g/mol. The number of benzene rings is 2. The molecule has 0 bridgehead atoms. The summed E-state index contributed by atoms with van der Waals surface area (Å²) < 4.78 is 11.7. The fourth-order valence-corrected chi connectivity index (χ4v) is 3.37. The van der Waals surface area contributed by atoms with Crippen LogP contribution < -0.4 is 20.3 Å². The normalized spacial score (nSPS) is 10.4. The molecule has 0 aliphatic rings. The predicted molar refractivity (Wildman–Crippen MR) is 121 cm³/mol. The molecule has 0 unspecified atom stereocenters. The Hall–Kier alpha value is -2.25. The highest BCUT2D eigenvalue weighted by molar-refractivity contribution is 9.10. The van der Waals surface area contributed by atoms with E-state index in [1.807, 2.05) is 0 Å². The highest BCUT2D eigenvalue weighted by atomic mass is 79.9. The van der Waals surface area contributed by atoms with Crippen LogP contribution in [0, 0.1) is 0 Å². The smallest absolute Gasteiger partial charge is 0.276 e. The number of unbranched alkanes of at least 4 members (excludes halogenated alkanes) is 4. The summed E-state index contributed by atoms with van der Waals surface area (Å²) in [5.41, 5.74) is 5.09. The van der Waals surface area contributed by atoms with Gasteiger partial charge >= 0.3 is 0 Å². The van der Waals surface area contributed by atoms with Crippen LogP contribution in [0.2, 0.25) is 5.02 Å². The number of halogens is 2. The van der Waals surface area contributed by atoms with Crippen molar-refractivity contribution in [1.82, 2.24) is 10.9 Å². The third kappa shape index (κ3) is 8.63. The first-order valence-corrected chi connectivity index (χ1v) is 11.1. The van der Waals surface area contributed by atoms with Gasteiger partial charge in [0.2, 0.25) is 0 Å². The van der Waals surface area contributed by atoms with Crippen LogP contribution in [0.4, 0.5) is 0 Å². The standard InChI is InChI=1S/C22H26BrClN2O4/c1-2-3-4-5-6-13-29-18-10-7-16(8-11-18)22(28)26-25-21(27)15-30-20-12-9-17(24)14-19(20)23/h7-12,14H,2-6,13,15H2,1H3,(H,25,27)(H,26,28). The molecule has 2 aromatic carbocycles. The van der Waals surface area contributed by atoms with Crippen LogP contribution in [-0.4, -0.2) is 25.0 Å². The molecule has 0 radical (unpaired) electrons. The van der Waals surface area contributed by atoms with Gasteiger partial charge in [-0.15, -0.1) is 0 Å². The Bertz CT molecular complexity index is 830. The van der Waals surface area contributed by atoms with Crippen molar-refractivity contribution in [1.29, 1.82) is 0 Å². The lowest BCUT2D eigenvalue weighted by atomic mass is 10.2. The van der Waals surface area contributed by atoms with E-state index in [2.05, 4.69) is 33.7 Å². The predicted octanol–water partition coefficient (Wildman–Crippen LogP) is 5.29. The summed E-state index contributed by atoms with van der Waals surface area (Å²) >= 11 is 9.16. The molecule has 0 spiro atoms. The monoisotopic (exact) mass is 496 g/mol. The summed E-state index contributed by atoms with van der Waals surface area (Å²) in [4.78, 5) is 24.0. The van der Waals surface area contributed by atoms with E-state index in [1.165, 1.54) is 19.3 Å². The number of rotatable bonds is 11. The number of hydrogen-bond donors (Lipinski definition) is 2. The van der Waals surface area contributed by atoms with Gasteiger partial charge in [-0.05, 0) is 64.8 Å². The molecule has 0 aliphatic carbocycles. The van der Waals surface area contributed by atoms with Crippen LogP contribution in [0.1, 0.15) is 49.4 Å². The van der Waals surface area contributed by atoms with Crippen LogP contribution in [0.25, 0.3) is 0 Å². The van der Waals surface area contributed by atoms with Crippen LogP contribution in [-0.2, 0) is 4.79 Å². The molecule has 6 nitrogen and oxygen atoms in total. The molecule has 2 amide bonds. The highest BCUT2D eigenvalue weighted by Gasteiger charge is 2.09. The lowest BCUT2D eigenvalue weighted by Gasteiger charge is -2.10. The van der Waals surface area contributed by atoms with Crippen LogP contribution >= 0.6 is 27.5 Å². The van der Waals surface area contributed by atoms with Crippen LogP contribution in [0.3, 0.4) is 0 Å². The largest absolute Gasteiger partial charge is 0.494 e. The molecule has 162 valence electrons. The molecule has 30 heavy (non-hydrogen) atoms. The summed E-state index contributed by atoms with van der Waals surface area (Å²) in [6.07, 6.45) is 5.88. The van der Waals surface area contributed by atoms with E-state index in [4.69, 9.17) is 21.1 Å². The number of carbonyl (C=O) groups is 2. The Labute approximate surface area is 190 Å². The fourth-order valence-electron chi connectivity index (χ4n) is 2.57. The molecule has 2 N–H and O–H groups in total. The van der Waals surface area contributed by atoms with Crippen molar-refractivity contribution in [3.63, 3.8) is 0 Å². The quantitative estimate of drug-likeness (QED) is 0.327. The Morgan fingerprint density at radius 2 is 1.70 bits per heavy atom. The molecule has 2 aromatic rings. The van der Waals surface area contributed by atoms with E-state index in [1.54, 1.807) is 42.5 Å². The van der Waals surface area contributed by atoms with E-state index in [-0.39, 0.29) is 6.61 Å². The molecular formula is C22H26BrClN2O4. The maximum atomic E-state index is 12.2.